The molecule has 5 aromatic rings. The Hall–Kier alpha value is -4.57. The number of hydrogen-bond acceptors (Lipinski definition) is 5. The summed E-state index contributed by atoms with van der Waals surface area (Å²) in [5.74, 6) is 1.00. The van der Waals surface area contributed by atoms with E-state index >= 15 is 0 Å². The molecule has 0 bridgehead atoms. The zero-order valence-electron chi connectivity index (χ0n) is 25.1. The van der Waals surface area contributed by atoms with Crippen molar-refractivity contribution in [1.82, 2.24) is 14.3 Å². The number of halogens is 2. The third-order valence-electron chi connectivity index (χ3n) is 7.47. The van der Waals surface area contributed by atoms with Crippen LogP contribution in [0.1, 0.15) is 25.2 Å². The van der Waals surface area contributed by atoms with Crippen molar-refractivity contribution in [3.05, 3.63) is 130 Å². The summed E-state index contributed by atoms with van der Waals surface area (Å²) in [7, 11) is -3.91. The molecule has 46 heavy (non-hydrogen) atoms. The average molecular weight is 674 g/mol. The summed E-state index contributed by atoms with van der Waals surface area (Å²) in [4.78, 5) is 16.7. The van der Waals surface area contributed by atoms with Crippen molar-refractivity contribution in [1.29, 1.82) is 0 Å². The first kappa shape index (κ1) is 31.4. The standard InChI is InChI=1S/C35H30Cl2N4O4S/c1-23(2)17-18-45-30-14-7-26(8-15-30)25-5-3-24(4-6-25)19-34-38-33(31-16-9-27(36)20-32(31)37)21-40(34)28-10-12-29(13-11-28)41-22-35(42)39-46(41,43)44/h3-17,20-21H,18-19,22H2,1-2H3,(H,39,42). The van der Waals surface area contributed by atoms with E-state index in [1.54, 1.807) is 36.4 Å². The Kier molecular flexibility index (Phi) is 8.90. The Morgan fingerprint density at radius 2 is 1.57 bits per heavy atom. The summed E-state index contributed by atoms with van der Waals surface area (Å²) >= 11 is 12.7. The Balaban J connectivity index is 1.27. The van der Waals surface area contributed by atoms with Crippen LogP contribution in [0.3, 0.4) is 0 Å². The summed E-state index contributed by atoms with van der Waals surface area (Å²) in [6.07, 6.45) is 4.46. The molecule has 1 fully saturated rings. The highest BCUT2D eigenvalue weighted by Crippen LogP contribution is 2.32. The molecule has 1 saturated heterocycles. The lowest BCUT2D eigenvalue weighted by Gasteiger charge is -2.15. The summed E-state index contributed by atoms with van der Waals surface area (Å²) in [6, 6.07) is 28.6. The van der Waals surface area contributed by atoms with Gasteiger partial charge in [-0.25, -0.2) is 14.0 Å². The van der Waals surface area contributed by atoms with Crippen LogP contribution in [0.25, 0.3) is 28.1 Å². The first-order valence-corrected chi connectivity index (χ1v) is 16.7. The second kappa shape index (κ2) is 13.0. The summed E-state index contributed by atoms with van der Waals surface area (Å²) in [5, 5.41) is 1.01. The third kappa shape index (κ3) is 6.97. The van der Waals surface area contributed by atoms with Gasteiger partial charge in [0.15, 0.2) is 0 Å². The quantitative estimate of drug-likeness (QED) is 0.163. The minimum atomic E-state index is -3.91. The van der Waals surface area contributed by atoms with Gasteiger partial charge in [-0.05, 0) is 91.2 Å². The number of rotatable bonds is 9. The highest BCUT2D eigenvalue weighted by molar-refractivity contribution is 7.92. The van der Waals surface area contributed by atoms with Gasteiger partial charge < -0.3 is 9.30 Å². The van der Waals surface area contributed by atoms with Crippen LogP contribution in [-0.4, -0.2) is 37.0 Å². The minimum absolute atomic E-state index is 0.262. The number of benzene rings is 4. The first-order valence-electron chi connectivity index (χ1n) is 14.5. The van der Waals surface area contributed by atoms with E-state index < -0.39 is 16.1 Å². The number of amides is 1. The number of carbonyl (C=O) groups is 1. The molecule has 0 unspecified atom stereocenters. The maximum Gasteiger partial charge on any atom is 0.326 e. The van der Waals surface area contributed by atoms with E-state index in [9.17, 15) is 13.2 Å². The second-order valence-electron chi connectivity index (χ2n) is 11.1. The predicted octanol–water partition coefficient (Wildman–Crippen LogP) is 7.63. The molecule has 0 spiro atoms. The molecule has 8 nitrogen and oxygen atoms in total. The molecular formula is C35H30Cl2N4O4S. The number of hydrogen-bond donors (Lipinski definition) is 1. The van der Waals surface area contributed by atoms with E-state index in [-0.39, 0.29) is 6.54 Å². The molecule has 11 heteroatoms. The maximum absolute atomic E-state index is 12.3. The number of aromatic nitrogens is 2. The smallest absolute Gasteiger partial charge is 0.326 e. The molecule has 1 amide bonds. The molecule has 0 aliphatic carbocycles. The van der Waals surface area contributed by atoms with Gasteiger partial charge in [-0.3, -0.25) is 4.79 Å². The monoisotopic (exact) mass is 672 g/mol. The van der Waals surface area contributed by atoms with Gasteiger partial charge >= 0.3 is 10.2 Å². The fourth-order valence-electron chi connectivity index (χ4n) is 5.10. The van der Waals surface area contributed by atoms with Gasteiger partial charge in [-0.15, -0.1) is 0 Å². The van der Waals surface area contributed by atoms with Gasteiger partial charge in [0.25, 0.3) is 5.91 Å². The molecule has 2 heterocycles. The Morgan fingerprint density at radius 1 is 0.913 bits per heavy atom. The van der Waals surface area contributed by atoms with Crippen LogP contribution in [0.5, 0.6) is 5.75 Å². The van der Waals surface area contributed by atoms with Crippen LogP contribution in [0.4, 0.5) is 5.69 Å². The van der Waals surface area contributed by atoms with E-state index in [1.807, 2.05) is 65.7 Å². The molecule has 234 valence electrons. The molecular weight excluding hydrogens is 643 g/mol. The zero-order valence-corrected chi connectivity index (χ0v) is 27.4. The van der Waals surface area contributed by atoms with Crippen molar-refractivity contribution in [3.8, 4) is 33.8 Å². The molecule has 1 N–H and O–H groups in total. The van der Waals surface area contributed by atoms with Crippen molar-refractivity contribution >= 4 is 45.0 Å². The molecule has 6 rings (SSSR count). The van der Waals surface area contributed by atoms with Gasteiger partial charge in [-0.2, -0.15) is 8.42 Å². The van der Waals surface area contributed by atoms with E-state index in [4.69, 9.17) is 32.9 Å². The van der Waals surface area contributed by atoms with Crippen LogP contribution in [0, 0.1) is 0 Å². The van der Waals surface area contributed by atoms with Crippen LogP contribution in [0.15, 0.2) is 109 Å². The number of imidazole rings is 1. The van der Waals surface area contributed by atoms with Crippen molar-refractivity contribution < 1.29 is 17.9 Å². The van der Waals surface area contributed by atoms with Crippen LogP contribution < -0.4 is 13.8 Å². The molecule has 1 aliphatic heterocycles. The van der Waals surface area contributed by atoms with Gasteiger partial charge in [0.1, 0.15) is 24.7 Å². The fraction of sp³-hybridized carbons (Fsp3) is 0.143. The highest BCUT2D eigenvalue weighted by Gasteiger charge is 2.33. The third-order valence-corrected chi connectivity index (χ3v) is 9.42. The van der Waals surface area contributed by atoms with Gasteiger partial charge in [0.05, 0.1) is 16.4 Å². The molecule has 4 aromatic carbocycles. The van der Waals surface area contributed by atoms with E-state index in [2.05, 4.69) is 24.3 Å². The van der Waals surface area contributed by atoms with E-state index in [0.29, 0.717) is 34.5 Å². The second-order valence-corrected chi connectivity index (χ2v) is 13.5. The predicted molar refractivity (Wildman–Crippen MR) is 183 cm³/mol. The fourth-order valence-corrected chi connectivity index (χ4v) is 6.75. The number of allylic oxidation sites excluding steroid dienone is 1. The Morgan fingerprint density at radius 3 is 2.17 bits per heavy atom. The Labute approximate surface area is 278 Å². The van der Waals surface area contributed by atoms with Crippen molar-refractivity contribution in [2.75, 3.05) is 17.5 Å². The first-order chi connectivity index (χ1) is 22.1. The normalized spacial score (nSPS) is 13.8. The number of nitrogens with zero attached hydrogens (tertiary/aromatic N) is 3. The number of anilines is 1. The van der Waals surface area contributed by atoms with Crippen LogP contribution in [0.2, 0.25) is 10.0 Å². The lowest BCUT2D eigenvalue weighted by Crippen LogP contribution is -2.29. The molecule has 1 aromatic heterocycles. The van der Waals surface area contributed by atoms with Crippen LogP contribution >= 0.6 is 23.2 Å². The van der Waals surface area contributed by atoms with Gasteiger partial charge in [0.2, 0.25) is 0 Å². The highest BCUT2D eigenvalue weighted by atomic mass is 35.5. The molecule has 0 radical (unpaired) electrons. The van der Waals surface area contributed by atoms with Crippen LogP contribution in [-0.2, 0) is 21.4 Å². The average Bonchev–Trinajstić information content (AvgIpc) is 3.56. The molecule has 1 aliphatic rings. The number of ether oxygens (including phenoxy) is 1. The van der Waals surface area contributed by atoms with Gasteiger partial charge in [0, 0.05) is 28.9 Å². The van der Waals surface area contributed by atoms with Gasteiger partial charge in [-0.1, -0.05) is 65.2 Å². The summed E-state index contributed by atoms with van der Waals surface area (Å²) in [5.41, 5.74) is 6.98. The molecule has 0 saturated carbocycles. The van der Waals surface area contributed by atoms with E-state index in [1.165, 1.54) is 5.57 Å². The maximum atomic E-state index is 12.3. The minimum Gasteiger partial charge on any atom is -0.490 e. The Bertz CT molecular complexity index is 2040. The topological polar surface area (TPSA) is 93.5 Å². The van der Waals surface area contributed by atoms with Crippen molar-refractivity contribution in [3.63, 3.8) is 0 Å². The number of carbonyl (C=O) groups excluding carboxylic acids is 1. The van der Waals surface area contributed by atoms with E-state index in [0.717, 1.165) is 43.8 Å². The lowest BCUT2D eigenvalue weighted by atomic mass is 10.0. The molecule has 0 atom stereocenters. The van der Waals surface area contributed by atoms with Crippen molar-refractivity contribution in [2.45, 2.75) is 20.3 Å². The summed E-state index contributed by atoms with van der Waals surface area (Å²) in [6.45, 7) is 4.37. The van der Waals surface area contributed by atoms with Crippen molar-refractivity contribution in [2.24, 2.45) is 0 Å². The number of nitrogens with one attached hydrogen (secondary N) is 1. The largest absolute Gasteiger partial charge is 0.490 e. The summed E-state index contributed by atoms with van der Waals surface area (Å²) < 4.78 is 35.5. The lowest BCUT2D eigenvalue weighted by molar-refractivity contribution is -0.117. The SMILES string of the molecule is CC(C)=CCOc1ccc(-c2ccc(Cc3nc(-c4ccc(Cl)cc4Cl)cn3-c3ccc(N4CC(=O)NS4(=O)=O)cc3)cc2)cc1. The zero-order chi connectivity index (χ0) is 32.4.